The Hall–Kier alpha value is -3.53. The van der Waals surface area contributed by atoms with E-state index >= 15 is 0 Å². The molecule has 2 aromatic rings. The Morgan fingerprint density at radius 3 is 1.94 bits per heavy atom. The van der Waals surface area contributed by atoms with Gasteiger partial charge in [-0.05, 0) is 13.0 Å². The summed E-state index contributed by atoms with van der Waals surface area (Å²) < 4.78 is 23.1. The zero-order valence-corrected chi connectivity index (χ0v) is 18.0. The molecule has 1 saturated heterocycles. The summed E-state index contributed by atoms with van der Waals surface area (Å²) in [4.78, 5) is 61.1. The number of ether oxygens (including phenoxy) is 4. The molecule has 0 radical (unpaired) electrons. The van der Waals surface area contributed by atoms with E-state index in [1.54, 1.807) is 19.1 Å². The van der Waals surface area contributed by atoms with Crippen LogP contribution in [0.2, 0.25) is 0 Å². The largest absolute Gasteiger partial charge is 0.456 e. The summed E-state index contributed by atoms with van der Waals surface area (Å²) >= 11 is 0. The van der Waals surface area contributed by atoms with Gasteiger partial charge in [0.15, 0.2) is 30.0 Å². The maximum Gasteiger partial charge on any atom is 0.303 e. The van der Waals surface area contributed by atoms with Crippen LogP contribution >= 0.6 is 0 Å². The Morgan fingerprint density at radius 2 is 1.34 bits per heavy atom. The lowest BCUT2D eigenvalue weighted by Gasteiger charge is -2.43. The van der Waals surface area contributed by atoms with E-state index in [-0.39, 0.29) is 10.8 Å². The van der Waals surface area contributed by atoms with Gasteiger partial charge in [0.1, 0.15) is 0 Å². The van der Waals surface area contributed by atoms with Crippen LogP contribution in [0.15, 0.2) is 46.1 Å². The van der Waals surface area contributed by atoms with Crippen molar-refractivity contribution in [3.63, 3.8) is 0 Å². The van der Waals surface area contributed by atoms with Crippen molar-refractivity contribution in [3.05, 3.63) is 57.1 Å². The van der Waals surface area contributed by atoms with Crippen LogP contribution in [0, 0.1) is 0 Å². The van der Waals surface area contributed by atoms with Gasteiger partial charge in [-0.1, -0.05) is 18.2 Å². The summed E-state index contributed by atoms with van der Waals surface area (Å²) in [5, 5.41) is 0.338. The third-order valence-electron chi connectivity index (χ3n) is 4.97. The van der Waals surface area contributed by atoms with Crippen LogP contribution in [0.25, 0.3) is 10.8 Å². The smallest absolute Gasteiger partial charge is 0.303 e. The van der Waals surface area contributed by atoms with Gasteiger partial charge in [0, 0.05) is 38.4 Å². The molecule has 2 heterocycles. The standard InChI is InChI=1S/C22H23NO9/c1-11-18(30-12(2)24)19(31-13(3)25)20(32-14(4)26)22(29-11)23-10-9-17(27)15-7-5-6-8-16(15)21(23)28/h5-11,18-20,22H,1-4H3/t11-,18-,19+,20+,22+/m1/s1. The fourth-order valence-corrected chi connectivity index (χ4v) is 3.74. The lowest BCUT2D eigenvalue weighted by molar-refractivity contribution is -0.260. The minimum absolute atomic E-state index is 0.131. The van der Waals surface area contributed by atoms with Crippen LogP contribution in [0.1, 0.15) is 33.9 Å². The van der Waals surface area contributed by atoms with Crippen molar-refractivity contribution in [3.8, 4) is 0 Å². The normalized spacial score (nSPS) is 25.1. The third kappa shape index (κ3) is 4.70. The molecule has 0 amide bonds. The van der Waals surface area contributed by atoms with E-state index in [4.69, 9.17) is 18.9 Å². The van der Waals surface area contributed by atoms with Crippen molar-refractivity contribution in [1.82, 2.24) is 4.57 Å². The van der Waals surface area contributed by atoms with Gasteiger partial charge in [0.25, 0.3) is 5.56 Å². The Bertz CT molecular complexity index is 1170. The molecular formula is C22H23NO9. The van der Waals surface area contributed by atoms with Gasteiger partial charge in [-0.3, -0.25) is 28.5 Å². The second kappa shape index (κ2) is 9.31. The lowest BCUT2D eigenvalue weighted by Crippen LogP contribution is -2.59. The molecule has 1 aromatic heterocycles. The topological polar surface area (TPSA) is 127 Å². The van der Waals surface area contributed by atoms with Crippen LogP contribution in [0.3, 0.4) is 0 Å². The zero-order valence-electron chi connectivity index (χ0n) is 18.0. The first-order valence-electron chi connectivity index (χ1n) is 9.91. The van der Waals surface area contributed by atoms with Gasteiger partial charge < -0.3 is 18.9 Å². The number of fused-ring (bicyclic) bond motifs is 1. The second-order valence-electron chi connectivity index (χ2n) is 7.39. The van der Waals surface area contributed by atoms with E-state index in [0.717, 1.165) is 18.4 Å². The average Bonchev–Trinajstić information content (AvgIpc) is 2.83. The summed E-state index contributed by atoms with van der Waals surface area (Å²) in [6.07, 6.45) is -4.59. The lowest BCUT2D eigenvalue weighted by atomic mass is 9.97. The summed E-state index contributed by atoms with van der Waals surface area (Å²) in [6.45, 7) is 5.02. The molecule has 3 rings (SSSR count). The summed E-state index contributed by atoms with van der Waals surface area (Å²) in [5.74, 6) is -2.11. The van der Waals surface area contributed by atoms with E-state index in [1.807, 2.05) is 0 Å². The molecule has 0 spiro atoms. The first kappa shape index (κ1) is 23.1. The quantitative estimate of drug-likeness (QED) is 0.501. The fraction of sp³-hybridized carbons (Fsp3) is 0.409. The molecule has 1 aliphatic rings. The first-order chi connectivity index (χ1) is 15.1. The summed E-state index contributed by atoms with van der Waals surface area (Å²) in [7, 11) is 0. The number of hydrogen-bond donors (Lipinski definition) is 0. The van der Waals surface area contributed by atoms with Gasteiger partial charge in [-0.2, -0.15) is 0 Å². The van der Waals surface area contributed by atoms with Crippen LogP contribution in [0.5, 0.6) is 0 Å². The number of carbonyl (C=O) groups excluding carboxylic acids is 3. The molecule has 5 atom stereocenters. The Kier molecular flexibility index (Phi) is 6.73. The number of esters is 3. The Labute approximate surface area is 182 Å². The molecule has 0 unspecified atom stereocenters. The van der Waals surface area contributed by atoms with E-state index in [2.05, 4.69) is 0 Å². The highest BCUT2D eigenvalue weighted by Crippen LogP contribution is 2.33. The van der Waals surface area contributed by atoms with Crippen LogP contribution < -0.4 is 11.0 Å². The average molecular weight is 445 g/mol. The third-order valence-corrected chi connectivity index (χ3v) is 4.97. The minimum Gasteiger partial charge on any atom is -0.456 e. The number of nitrogens with zero attached hydrogens (tertiary/aromatic N) is 1. The Balaban J connectivity index is 2.21. The molecule has 10 heteroatoms. The van der Waals surface area contributed by atoms with Crippen LogP contribution in [-0.4, -0.2) is 46.9 Å². The van der Waals surface area contributed by atoms with Crippen LogP contribution in [0.4, 0.5) is 0 Å². The van der Waals surface area contributed by atoms with E-state index in [1.165, 1.54) is 31.3 Å². The number of benzene rings is 1. The number of hydrogen-bond acceptors (Lipinski definition) is 9. The Morgan fingerprint density at radius 1 is 0.812 bits per heavy atom. The molecule has 10 nitrogen and oxygen atoms in total. The van der Waals surface area contributed by atoms with Gasteiger partial charge in [0.05, 0.1) is 11.5 Å². The van der Waals surface area contributed by atoms with Crippen molar-refractivity contribution in [2.45, 2.75) is 58.3 Å². The van der Waals surface area contributed by atoms with Gasteiger partial charge in [-0.15, -0.1) is 0 Å². The van der Waals surface area contributed by atoms with E-state index in [0.29, 0.717) is 0 Å². The van der Waals surface area contributed by atoms with Gasteiger partial charge >= 0.3 is 17.9 Å². The molecular weight excluding hydrogens is 422 g/mol. The SMILES string of the molecule is CC(=O)O[C@H]1[C@H](OC(C)=O)[C@@H](C)O[C@H](n2ccc(=O)c3ccccc3c2=O)[C@H]1OC(C)=O. The van der Waals surface area contributed by atoms with Crippen molar-refractivity contribution in [2.75, 3.05) is 0 Å². The van der Waals surface area contributed by atoms with E-state index in [9.17, 15) is 24.0 Å². The predicted octanol–water partition coefficient (Wildman–Crippen LogP) is 1.07. The second-order valence-corrected chi connectivity index (χ2v) is 7.39. The van der Waals surface area contributed by atoms with Crippen LogP contribution in [-0.2, 0) is 33.3 Å². The highest BCUT2D eigenvalue weighted by Gasteiger charge is 2.51. The predicted molar refractivity (Wildman–Crippen MR) is 111 cm³/mol. The van der Waals surface area contributed by atoms with Gasteiger partial charge in [-0.25, -0.2) is 0 Å². The molecule has 0 N–H and O–H groups in total. The molecule has 1 fully saturated rings. The molecule has 32 heavy (non-hydrogen) atoms. The first-order valence-corrected chi connectivity index (χ1v) is 9.91. The summed E-state index contributed by atoms with van der Waals surface area (Å²) in [6, 6.07) is 7.46. The molecule has 1 aromatic carbocycles. The zero-order chi connectivity index (χ0) is 23.6. The maximum atomic E-state index is 13.3. The highest BCUT2D eigenvalue weighted by atomic mass is 16.7. The van der Waals surface area contributed by atoms with E-state index < -0.39 is 59.5 Å². The van der Waals surface area contributed by atoms with Gasteiger partial charge in [0.2, 0.25) is 0 Å². The number of rotatable bonds is 4. The van der Waals surface area contributed by atoms with Crippen molar-refractivity contribution in [1.29, 1.82) is 0 Å². The maximum absolute atomic E-state index is 13.3. The fourth-order valence-electron chi connectivity index (χ4n) is 3.74. The summed E-state index contributed by atoms with van der Waals surface area (Å²) in [5.41, 5.74) is -0.969. The monoisotopic (exact) mass is 445 g/mol. The number of carbonyl (C=O) groups is 3. The van der Waals surface area contributed by atoms with Crippen molar-refractivity contribution in [2.24, 2.45) is 0 Å². The molecule has 0 bridgehead atoms. The number of aromatic nitrogens is 1. The molecule has 1 aliphatic heterocycles. The molecule has 0 aliphatic carbocycles. The van der Waals surface area contributed by atoms with Crippen molar-refractivity contribution < 1.29 is 33.3 Å². The molecule has 170 valence electrons. The van der Waals surface area contributed by atoms with Crippen molar-refractivity contribution >= 4 is 28.7 Å². The minimum atomic E-state index is -1.34. The highest BCUT2D eigenvalue weighted by molar-refractivity contribution is 5.80. The molecule has 0 saturated carbocycles.